The van der Waals surface area contributed by atoms with Gasteiger partial charge in [-0.15, -0.1) is 0 Å². The lowest BCUT2D eigenvalue weighted by Gasteiger charge is -2.06. The molecule has 0 unspecified atom stereocenters. The lowest BCUT2D eigenvalue weighted by Crippen LogP contribution is -2.34. The summed E-state index contributed by atoms with van der Waals surface area (Å²) in [5.74, 6) is -0.218. The van der Waals surface area contributed by atoms with E-state index in [1.54, 1.807) is 6.92 Å². The summed E-state index contributed by atoms with van der Waals surface area (Å²) in [5, 5.41) is 2.49. The van der Waals surface area contributed by atoms with Gasteiger partial charge in [0.25, 0.3) is 5.91 Å². The van der Waals surface area contributed by atoms with E-state index < -0.39 is 10.0 Å². The Balaban J connectivity index is 2.45. The maximum Gasteiger partial charge on any atom is 0.252 e. The fraction of sp³-hybridized carbons (Fsp3) is 0.400. The molecule has 0 aliphatic carbocycles. The number of carbonyl (C=O) groups excluding carboxylic acids is 1. The van der Waals surface area contributed by atoms with E-state index >= 15 is 0 Å². The van der Waals surface area contributed by atoms with Gasteiger partial charge in [0, 0.05) is 19.3 Å². The van der Waals surface area contributed by atoms with E-state index in [0.29, 0.717) is 17.9 Å². The number of nitrogens with one attached hydrogen (secondary N) is 2. The molecule has 0 fully saturated rings. The molecule has 1 amide bonds. The number of hydrogen-bond acceptors (Lipinski definition) is 5. The zero-order valence-corrected chi connectivity index (χ0v) is 10.8. The summed E-state index contributed by atoms with van der Waals surface area (Å²) in [6, 6.07) is 3.03. The van der Waals surface area contributed by atoms with Crippen molar-refractivity contribution in [2.24, 2.45) is 0 Å². The van der Waals surface area contributed by atoms with Crippen LogP contribution in [0.1, 0.15) is 17.3 Å². The number of carbonyl (C=O) groups is 1. The van der Waals surface area contributed by atoms with Crippen molar-refractivity contribution in [2.45, 2.75) is 6.92 Å². The van der Waals surface area contributed by atoms with Crippen molar-refractivity contribution >= 4 is 21.7 Å². The molecular weight excluding hydrogens is 256 g/mol. The smallest absolute Gasteiger partial charge is 0.252 e. The molecule has 0 aliphatic rings. The first-order chi connectivity index (χ1) is 8.44. The first kappa shape index (κ1) is 14.4. The van der Waals surface area contributed by atoms with Crippen LogP contribution in [0, 0.1) is 0 Å². The normalized spacial score (nSPS) is 11.2. The van der Waals surface area contributed by atoms with Gasteiger partial charge < -0.3 is 11.1 Å². The fourth-order valence-corrected chi connectivity index (χ4v) is 2.19. The van der Waals surface area contributed by atoms with Gasteiger partial charge in [-0.1, -0.05) is 6.92 Å². The van der Waals surface area contributed by atoms with E-state index in [1.165, 1.54) is 18.3 Å². The lowest BCUT2D eigenvalue weighted by molar-refractivity contribution is 0.0956. The van der Waals surface area contributed by atoms with E-state index in [-0.39, 0.29) is 18.2 Å². The van der Waals surface area contributed by atoms with Gasteiger partial charge in [0.15, 0.2) is 0 Å². The highest BCUT2D eigenvalue weighted by molar-refractivity contribution is 7.89. The van der Waals surface area contributed by atoms with Gasteiger partial charge in [0.1, 0.15) is 5.82 Å². The standard InChI is InChI=1S/C10H16N4O3S/c1-2-14-18(16,17)6-5-12-10(15)8-3-4-9(11)13-7-8/h3-4,7,14H,2,5-6H2,1H3,(H2,11,13)(H,12,15). The molecule has 4 N–H and O–H groups in total. The van der Waals surface area contributed by atoms with Crippen LogP contribution in [0.3, 0.4) is 0 Å². The first-order valence-electron chi connectivity index (χ1n) is 5.41. The minimum atomic E-state index is -3.32. The number of nitrogens with two attached hydrogens (primary N) is 1. The van der Waals surface area contributed by atoms with Crippen LogP contribution in [-0.4, -0.2) is 38.2 Å². The Bertz CT molecular complexity index is 498. The predicted octanol–water partition coefficient (Wildman–Crippen LogP) is -0.667. The second-order valence-electron chi connectivity index (χ2n) is 3.54. The number of hydrogen-bond donors (Lipinski definition) is 3. The van der Waals surface area contributed by atoms with Crippen molar-refractivity contribution in [3.05, 3.63) is 23.9 Å². The molecule has 0 saturated heterocycles. The van der Waals surface area contributed by atoms with Crippen molar-refractivity contribution in [3.8, 4) is 0 Å². The number of sulfonamides is 1. The third kappa shape index (κ3) is 4.68. The number of nitrogen functional groups attached to an aromatic ring is 1. The van der Waals surface area contributed by atoms with Crippen LogP contribution in [0.25, 0.3) is 0 Å². The van der Waals surface area contributed by atoms with Gasteiger partial charge in [-0.2, -0.15) is 0 Å². The summed E-state index contributed by atoms with van der Waals surface area (Å²) in [6.45, 7) is 2.06. The number of aromatic nitrogens is 1. The highest BCUT2D eigenvalue weighted by atomic mass is 32.2. The van der Waals surface area contributed by atoms with E-state index in [0.717, 1.165) is 0 Å². The maximum atomic E-state index is 11.6. The van der Waals surface area contributed by atoms with Gasteiger partial charge in [0.05, 0.1) is 11.3 Å². The zero-order valence-electron chi connectivity index (χ0n) is 10.0. The van der Waals surface area contributed by atoms with Gasteiger partial charge >= 0.3 is 0 Å². The molecule has 0 saturated carbocycles. The highest BCUT2D eigenvalue weighted by Gasteiger charge is 2.10. The molecule has 0 bridgehead atoms. The van der Waals surface area contributed by atoms with E-state index in [9.17, 15) is 13.2 Å². The minimum absolute atomic E-state index is 0.0402. The third-order valence-corrected chi connectivity index (χ3v) is 3.54. The quantitative estimate of drug-likeness (QED) is 0.635. The average Bonchev–Trinajstić information content (AvgIpc) is 2.29. The maximum absolute atomic E-state index is 11.6. The third-order valence-electron chi connectivity index (χ3n) is 2.07. The Morgan fingerprint density at radius 1 is 1.44 bits per heavy atom. The second kappa shape index (κ2) is 6.31. The van der Waals surface area contributed by atoms with Crippen molar-refractivity contribution < 1.29 is 13.2 Å². The first-order valence-corrected chi connectivity index (χ1v) is 7.07. The topological polar surface area (TPSA) is 114 Å². The largest absolute Gasteiger partial charge is 0.384 e. The monoisotopic (exact) mass is 272 g/mol. The predicted molar refractivity (Wildman–Crippen MR) is 68.4 cm³/mol. The molecule has 1 aromatic rings. The summed E-state index contributed by atoms with van der Waals surface area (Å²) < 4.78 is 24.9. The molecule has 0 aliphatic heterocycles. The summed E-state index contributed by atoms with van der Waals surface area (Å²) in [7, 11) is -3.32. The van der Waals surface area contributed by atoms with Gasteiger partial charge in [-0.25, -0.2) is 18.1 Å². The summed E-state index contributed by atoms with van der Waals surface area (Å²) in [5.41, 5.74) is 5.72. The van der Waals surface area contributed by atoms with Crippen molar-refractivity contribution in [1.82, 2.24) is 15.0 Å². The number of pyridine rings is 1. The van der Waals surface area contributed by atoms with E-state index in [2.05, 4.69) is 15.0 Å². The fourth-order valence-electron chi connectivity index (χ4n) is 1.23. The molecule has 0 spiro atoms. The SMILES string of the molecule is CCNS(=O)(=O)CCNC(=O)c1ccc(N)nc1. The Labute approximate surface area is 106 Å². The van der Waals surface area contributed by atoms with Crippen LogP contribution in [-0.2, 0) is 10.0 Å². The number of amides is 1. The van der Waals surface area contributed by atoms with Crippen LogP contribution in [0.5, 0.6) is 0 Å². The van der Waals surface area contributed by atoms with Gasteiger partial charge in [-0.05, 0) is 12.1 Å². The molecule has 1 aromatic heterocycles. The van der Waals surface area contributed by atoms with Gasteiger partial charge in [0.2, 0.25) is 10.0 Å². The molecule has 7 nitrogen and oxygen atoms in total. The lowest BCUT2D eigenvalue weighted by atomic mass is 10.2. The Morgan fingerprint density at radius 2 is 2.17 bits per heavy atom. The molecule has 0 radical (unpaired) electrons. The van der Waals surface area contributed by atoms with Crippen LogP contribution in [0.2, 0.25) is 0 Å². The van der Waals surface area contributed by atoms with Crippen molar-refractivity contribution in [2.75, 3.05) is 24.6 Å². The molecule has 18 heavy (non-hydrogen) atoms. The number of rotatable bonds is 6. The summed E-state index contributed by atoms with van der Waals surface area (Å²) in [4.78, 5) is 15.4. The Morgan fingerprint density at radius 3 is 2.72 bits per heavy atom. The second-order valence-corrected chi connectivity index (χ2v) is 5.47. The van der Waals surface area contributed by atoms with Crippen LogP contribution < -0.4 is 15.8 Å². The Hall–Kier alpha value is -1.67. The van der Waals surface area contributed by atoms with E-state index in [4.69, 9.17) is 5.73 Å². The molecule has 1 heterocycles. The molecule has 0 atom stereocenters. The van der Waals surface area contributed by atoms with Crippen molar-refractivity contribution in [3.63, 3.8) is 0 Å². The summed E-state index contributed by atoms with van der Waals surface area (Å²) >= 11 is 0. The molecule has 1 rings (SSSR count). The Kier molecular flexibility index (Phi) is 5.05. The average molecular weight is 272 g/mol. The highest BCUT2D eigenvalue weighted by Crippen LogP contribution is 2.00. The van der Waals surface area contributed by atoms with Crippen molar-refractivity contribution in [1.29, 1.82) is 0 Å². The molecule has 8 heteroatoms. The molecule has 0 aromatic carbocycles. The molecular formula is C10H16N4O3S. The molecule has 100 valence electrons. The minimum Gasteiger partial charge on any atom is -0.384 e. The van der Waals surface area contributed by atoms with Crippen LogP contribution in [0.15, 0.2) is 18.3 Å². The summed E-state index contributed by atoms with van der Waals surface area (Å²) in [6.07, 6.45) is 1.34. The van der Waals surface area contributed by atoms with Crippen LogP contribution in [0.4, 0.5) is 5.82 Å². The zero-order chi connectivity index (χ0) is 13.6. The van der Waals surface area contributed by atoms with Gasteiger partial charge in [-0.3, -0.25) is 4.79 Å². The van der Waals surface area contributed by atoms with E-state index in [1.807, 2.05) is 0 Å². The number of anilines is 1. The van der Waals surface area contributed by atoms with Crippen LogP contribution >= 0.6 is 0 Å². The number of nitrogens with zero attached hydrogens (tertiary/aromatic N) is 1.